The number of thiazole rings is 1. The van der Waals surface area contributed by atoms with Crippen LogP contribution in [0.3, 0.4) is 0 Å². The van der Waals surface area contributed by atoms with Gasteiger partial charge in [-0.1, -0.05) is 12.1 Å². The minimum absolute atomic E-state index is 0.0411. The number of rotatable bonds is 14. The number of anilines is 1. The molecule has 18 heteroatoms. The molecule has 4 heterocycles. The highest BCUT2D eigenvalue weighted by Crippen LogP contribution is 2.40. The van der Waals surface area contributed by atoms with Crippen LogP contribution in [0.1, 0.15) is 32.4 Å². The third kappa shape index (κ3) is 7.29. The van der Waals surface area contributed by atoms with Gasteiger partial charge in [0.15, 0.2) is 10.8 Å². The Morgan fingerprint density at radius 1 is 1.38 bits per heavy atom. The summed E-state index contributed by atoms with van der Waals surface area (Å²) in [7, 11) is 1.30. The van der Waals surface area contributed by atoms with Crippen LogP contribution in [0.5, 0.6) is 0 Å². The highest BCUT2D eigenvalue weighted by atomic mass is 32.2. The second-order valence-electron chi connectivity index (χ2n) is 10.1. The van der Waals surface area contributed by atoms with Gasteiger partial charge in [0.1, 0.15) is 42.4 Å². The number of hydroxylamine groups is 2. The first-order valence-corrected chi connectivity index (χ1v) is 15.6. The maximum atomic E-state index is 13.4. The van der Waals surface area contributed by atoms with E-state index in [1.54, 1.807) is 18.8 Å². The van der Waals surface area contributed by atoms with Crippen LogP contribution in [0.2, 0.25) is 0 Å². The Hall–Kier alpha value is -4.42. The molecule has 3 amide bonds. The molecule has 3 aliphatic rings. The second-order valence-corrected chi connectivity index (χ2v) is 12.1. The van der Waals surface area contributed by atoms with E-state index in [1.165, 1.54) is 31.2 Å². The normalized spacial score (nSPS) is 20.7. The number of nitrogens with two attached hydrogens (primary N) is 1. The Morgan fingerprint density at radius 2 is 2.13 bits per heavy atom. The maximum Gasteiger partial charge on any atom is 0.309 e. The minimum Gasteiger partial charge on any atom is -0.543 e. The number of carbonyl (C=O) groups is 5. The average Bonchev–Trinajstić information content (AvgIpc) is 3.46. The van der Waals surface area contributed by atoms with Crippen molar-refractivity contribution in [3.05, 3.63) is 40.5 Å². The van der Waals surface area contributed by atoms with E-state index in [4.69, 9.17) is 20.5 Å². The lowest BCUT2D eigenvalue weighted by atomic mass is 9.91. The monoisotopic (exact) mass is 661 g/mol. The number of dihydropyridines is 1. The van der Waals surface area contributed by atoms with E-state index in [9.17, 15) is 29.1 Å². The van der Waals surface area contributed by atoms with Crippen molar-refractivity contribution in [3.63, 3.8) is 0 Å². The number of fused-ring (bicyclic) bond motifs is 1. The molecule has 4 rings (SSSR count). The van der Waals surface area contributed by atoms with Gasteiger partial charge in [0.05, 0.1) is 43.7 Å². The largest absolute Gasteiger partial charge is 0.543 e. The summed E-state index contributed by atoms with van der Waals surface area (Å²) in [4.78, 5) is 82.8. The molecule has 1 aromatic heterocycles. The first-order valence-electron chi connectivity index (χ1n) is 13.7. The molecule has 4 atom stereocenters. The highest BCUT2D eigenvalue weighted by Gasteiger charge is 2.53. The molecular weight excluding hydrogens is 630 g/mol. The van der Waals surface area contributed by atoms with Crippen LogP contribution in [0.4, 0.5) is 5.13 Å². The number of β-lactam (4-membered cyclic amide) rings is 1. The number of carboxylic acid groups (broad SMARTS) is 2. The predicted octanol–water partition coefficient (Wildman–Crippen LogP) is -0.451. The van der Waals surface area contributed by atoms with Gasteiger partial charge < -0.3 is 30.9 Å². The number of oxime groups is 1. The lowest BCUT2D eigenvalue weighted by molar-refractivity contribution is -0.301. The van der Waals surface area contributed by atoms with Gasteiger partial charge >= 0.3 is 5.97 Å². The van der Waals surface area contributed by atoms with Crippen LogP contribution in [-0.2, 0) is 33.6 Å². The lowest BCUT2D eigenvalue weighted by Gasteiger charge is -2.51. The quantitative estimate of drug-likeness (QED) is 0.0997. The fraction of sp³-hybridized carbons (Fsp3) is 0.444. The Labute approximate surface area is 266 Å². The van der Waals surface area contributed by atoms with Crippen molar-refractivity contribution in [1.29, 1.82) is 0 Å². The van der Waals surface area contributed by atoms with Crippen LogP contribution in [-0.4, -0.2) is 99.1 Å². The molecule has 4 N–H and O–H groups in total. The van der Waals surface area contributed by atoms with Gasteiger partial charge in [-0.15, -0.1) is 28.1 Å². The van der Waals surface area contributed by atoms with Crippen molar-refractivity contribution < 1.29 is 43.9 Å². The molecule has 3 aliphatic heterocycles. The van der Waals surface area contributed by atoms with Gasteiger partial charge in [0, 0.05) is 16.7 Å². The fourth-order valence-electron chi connectivity index (χ4n) is 4.75. The van der Waals surface area contributed by atoms with Crippen molar-refractivity contribution in [2.75, 3.05) is 31.7 Å². The van der Waals surface area contributed by atoms with Crippen molar-refractivity contribution in [2.45, 2.75) is 38.1 Å². The van der Waals surface area contributed by atoms with Crippen molar-refractivity contribution in [1.82, 2.24) is 20.3 Å². The van der Waals surface area contributed by atoms with E-state index in [1.807, 2.05) is 6.92 Å². The Bertz CT molecular complexity index is 1490. The summed E-state index contributed by atoms with van der Waals surface area (Å²) in [6.07, 6.45) is 4.43. The van der Waals surface area contributed by atoms with Gasteiger partial charge in [-0.25, -0.2) is 10.0 Å². The van der Waals surface area contributed by atoms with Crippen molar-refractivity contribution in [3.8, 4) is 0 Å². The van der Waals surface area contributed by atoms with E-state index in [2.05, 4.69) is 20.4 Å². The van der Waals surface area contributed by atoms with Gasteiger partial charge in [-0.05, 0) is 18.9 Å². The predicted molar refractivity (Wildman–Crippen MR) is 161 cm³/mol. The maximum absolute atomic E-state index is 13.4. The third-order valence-corrected chi connectivity index (χ3v) is 9.18. The fourth-order valence-corrected chi connectivity index (χ4v) is 6.63. The molecule has 3 unspecified atom stereocenters. The zero-order chi connectivity index (χ0) is 32.8. The molecule has 0 spiro atoms. The molecule has 0 radical (unpaired) electrons. The number of nitrogens with one attached hydrogen (secondary N) is 1. The summed E-state index contributed by atoms with van der Waals surface area (Å²) >= 11 is 2.21. The van der Waals surface area contributed by atoms with Gasteiger partial charge in [0.25, 0.3) is 17.7 Å². The van der Waals surface area contributed by atoms with E-state index < -0.39 is 52.7 Å². The SMILES string of the molecule is CCC(C(=O)N(CC1=C(C(=O)[O-])N2C(=O)C(NC(=O)C(=NOCC(C)C(=O)O)c3csc(N)n3)[C@@H]2SC1)OC)C1=C[CH+]N=CC1. The topological polar surface area (TPSA) is 229 Å². The van der Waals surface area contributed by atoms with Crippen LogP contribution < -0.4 is 16.2 Å². The number of aliphatic imine (C=N–C) groups is 1. The van der Waals surface area contributed by atoms with E-state index in [0.29, 0.717) is 12.8 Å². The summed E-state index contributed by atoms with van der Waals surface area (Å²) in [5, 5.41) is 29.5. The summed E-state index contributed by atoms with van der Waals surface area (Å²) in [5.74, 6) is -6.05. The molecule has 0 saturated carbocycles. The van der Waals surface area contributed by atoms with Gasteiger partial charge in [-0.3, -0.25) is 28.9 Å². The molecule has 45 heavy (non-hydrogen) atoms. The number of nitrogens with zero attached hydrogens (tertiary/aromatic N) is 5. The van der Waals surface area contributed by atoms with Crippen molar-refractivity contribution >= 4 is 69.8 Å². The van der Waals surface area contributed by atoms with E-state index >= 15 is 0 Å². The molecule has 1 aromatic rings. The molecular formula is C27H31N7O9S2. The summed E-state index contributed by atoms with van der Waals surface area (Å²) in [5.41, 5.74) is 6.05. The highest BCUT2D eigenvalue weighted by molar-refractivity contribution is 8.00. The number of aliphatic carboxylic acids is 2. The molecule has 0 aromatic carbocycles. The molecule has 0 bridgehead atoms. The zero-order valence-electron chi connectivity index (χ0n) is 24.5. The molecule has 16 nitrogen and oxygen atoms in total. The molecule has 1 fully saturated rings. The van der Waals surface area contributed by atoms with Crippen LogP contribution >= 0.6 is 23.1 Å². The van der Waals surface area contributed by atoms with E-state index in [-0.39, 0.29) is 46.9 Å². The number of thioether (sulfide) groups is 1. The van der Waals surface area contributed by atoms with Crippen molar-refractivity contribution in [2.24, 2.45) is 22.0 Å². The zero-order valence-corrected chi connectivity index (χ0v) is 26.1. The first kappa shape index (κ1) is 33.5. The van der Waals surface area contributed by atoms with Gasteiger partial charge in [-0.2, -0.15) is 0 Å². The number of hydrogen-bond donors (Lipinski definition) is 3. The van der Waals surface area contributed by atoms with Gasteiger partial charge in [0.2, 0.25) is 0 Å². The number of carboxylic acids is 2. The molecule has 0 aliphatic carbocycles. The van der Waals surface area contributed by atoms with Crippen LogP contribution in [0.15, 0.2) is 38.4 Å². The van der Waals surface area contributed by atoms with E-state index in [0.717, 1.165) is 26.9 Å². The van der Waals surface area contributed by atoms with Crippen LogP contribution in [0.25, 0.3) is 0 Å². The Morgan fingerprint density at radius 3 is 2.71 bits per heavy atom. The van der Waals surface area contributed by atoms with Crippen LogP contribution in [0, 0.1) is 18.4 Å². The molecule has 1 saturated heterocycles. The summed E-state index contributed by atoms with van der Waals surface area (Å²) < 4.78 is 0. The number of amides is 3. The number of nitrogen functional groups attached to an aromatic ring is 1. The Balaban J connectivity index is 1.50. The standard InChI is InChI=1S/C27H31N7O9S2/c1-4-16(14-5-7-29-8-6-14)22(36)33(42-3)9-15-11-44-24-19(23(37)34(24)20(15)26(40)41)31-21(35)18(17-12-45-27(28)30-17)32-43-10-13(2)25(38)39/h5,7-8,12-13,16,19,24H,4,6,9-11H2,1-3H3,(H4-,28,30,31,35,38,39,40,41)/t13?,16?,19?,24-/m0/s1. The summed E-state index contributed by atoms with van der Waals surface area (Å²) in [6, 6.07) is -1.14. The smallest absolute Gasteiger partial charge is 0.309 e. The third-order valence-electron chi connectivity index (χ3n) is 7.17. The molecule has 240 valence electrons. The summed E-state index contributed by atoms with van der Waals surface area (Å²) in [6.45, 7) is 4.27. The number of hydrogen-bond acceptors (Lipinski definition) is 14. The Kier molecular flexibility index (Phi) is 10.8. The minimum atomic E-state index is -1.62. The average molecular weight is 662 g/mol. The second kappa shape index (κ2) is 14.6. The lowest BCUT2D eigenvalue weighted by Crippen LogP contribution is -2.71. The first-order chi connectivity index (χ1) is 21.5. The number of carbonyl (C=O) groups excluding carboxylic acids is 4. The number of aromatic nitrogens is 1.